The van der Waals surface area contributed by atoms with Crippen molar-refractivity contribution in [1.82, 2.24) is 9.80 Å². The number of carboxylic acid groups (broad SMARTS) is 1. The average molecular weight is 294 g/mol. The molecule has 1 aromatic carbocycles. The van der Waals surface area contributed by atoms with Crippen molar-refractivity contribution in [2.45, 2.75) is 5.60 Å². The molecule has 0 aliphatic carbocycles. The molecule has 0 fully saturated rings. The molecule has 0 saturated carbocycles. The summed E-state index contributed by atoms with van der Waals surface area (Å²) in [4.78, 5) is 38.0. The molecule has 114 valence electrons. The monoisotopic (exact) mass is 294 g/mol. The number of carbonyl (C=O) groups excluding carboxylic acids is 2. The summed E-state index contributed by atoms with van der Waals surface area (Å²) >= 11 is 0. The van der Waals surface area contributed by atoms with Gasteiger partial charge in [-0.05, 0) is 6.07 Å². The van der Waals surface area contributed by atoms with Gasteiger partial charge in [-0.3, -0.25) is 9.59 Å². The van der Waals surface area contributed by atoms with Crippen LogP contribution in [0.2, 0.25) is 0 Å². The predicted molar refractivity (Wildman–Crippen MR) is 74.7 cm³/mol. The average Bonchev–Trinajstić information content (AvgIpc) is 2.44. The molecule has 21 heavy (non-hydrogen) atoms. The Morgan fingerprint density at radius 2 is 1.38 bits per heavy atom. The molecule has 7 heteroatoms. The van der Waals surface area contributed by atoms with Crippen molar-refractivity contribution in [3.8, 4) is 0 Å². The van der Waals surface area contributed by atoms with Gasteiger partial charge in [-0.25, -0.2) is 4.79 Å². The zero-order chi connectivity index (χ0) is 16.4. The first-order chi connectivity index (χ1) is 9.63. The highest BCUT2D eigenvalue weighted by Gasteiger charge is 2.49. The van der Waals surface area contributed by atoms with E-state index in [2.05, 4.69) is 0 Å². The van der Waals surface area contributed by atoms with E-state index in [0.29, 0.717) is 0 Å². The van der Waals surface area contributed by atoms with E-state index in [9.17, 15) is 24.6 Å². The van der Waals surface area contributed by atoms with E-state index >= 15 is 0 Å². The lowest BCUT2D eigenvalue weighted by Crippen LogP contribution is -2.54. The molecule has 0 bridgehead atoms. The molecule has 0 aromatic heterocycles. The van der Waals surface area contributed by atoms with E-state index in [-0.39, 0.29) is 11.1 Å². The first-order valence-electron chi connectivity index (χ1n) is 6.12. The molecule has 7 nitrogen and oxygen atoms in total. The smallest absolute Gasteiger partial charge is 0.336 e. The van der Waals surface area contributed by atoms with Crippen molar-refractivity contribution in [2.24, 2.45) is 0 Å². The molecular weight excluding hydrogens is 276 g/mol. The third-order valence-corrected chi connectivity index (χ3v) is 2.98. The number of likely N-dealkylation sites (N-methyl/N-ethyl adjacent to an activating group) is 2. The van der Waals surface area contributed by atoms with Crippen LogP contribution in [-0.4, -0.2) is 66.0 Å². The lowest BCUT2D eigenvalue weighted by Gasteiger charge is -2.31. The normalized spacial score (nSPS) is 10.9. The van der Waals surface area contributed by atoms with Crippen LogP contribution in [0.4, 0.5) is 0 Å². The molecule has 0 aliphatic heterocycles. The zero-order valence-electron chi connectivity index (χ0n) is 12.3. The van der Waals surface area contributed by atoms with Gasteiger partial charge in [0.1, 0.15) is 0 Å². The molecular formula is C14H18N2O5. The number of nitrogens with zero attached hydrogens (tertiary/aromatic N) is 2. The molecule has 0 unspecified atom stereocenters. The van der Waals surface area contributed by atoms with Crippen molar-refractivity contribution in [2.75, 3.05) is 28.2 Å². The number of carboxylic acids is 1. The zero-order valence-corrected chi connectivity index (χ0v) is 12.3. The lowest BCUT2D eigenvalue weighted by molar-refractivity contribution is -0.165. The van der Waals surface area contributed by atoms with Gasteiger partial charge in [0.2, 0.25) is 5.60 Å². The minimum atomic E-state index is -2.58. The summed E-state index contributed by atoms with van der Waals surface area (Å²) in [7, 11) is 5.50. The van der Waals surface area contributed by atoms with E-state index in [1.807, 2.05) is 0 Å². The third-order valence-electron chi connectivity index (χ3n) is 2.98. The summed E-state index contributed by atoms with van der Waals surface area (Å²) in [5.74, 6) is -3.15. The molecule has 0 saturated heterocycles. The quantitative estimate of drug-likeness (QED) is 0.746. The van der Waals surface area contributed by atoms with E-state index in [1.54, 1.807) is 0 Å². The molecule has 0 heterocycles. The molecule has 0 aliphatic rings. The number of rotatable bonds is 4. The molecule has 2 N–H and O–H groups in total. The van der Waals surface area contributed by atoms with Crippen molar-refractivity contribution in [3.63, 3.8) is 0 Å². The number of benzene rings is 1. The third kappa shape index (κ3) is 2.87. The van der Waals surface area contributed by atoms with E-state index in [1.165, 1.54) is 52.5 Å². The molecule has 0 radical (unpaired) electrons. The van der Waals surface area contributed by atoms with Gasteiger partial charge in [-0.2, -0.15) is 0 Å². The number of hydrogen-bond donors (Lipinski definition) is 2. The molecule has 0 spiro atoms. The highest BCUT2D eigenvalue weighted by atomic mass is 16.4. The highest BCUT2D eigenvalue weighted by molar-refractivity contribution is 6.10. The summed E-state index contributed by atoms with van der Waals surface area (Å²) < 4.78 is 0. The van der Waals surface area contributed by atoms with Crippen LogP contribution in [0.5, 0.6) is 0 Å². The molecule has 0 atom stereocenters. The second-order valence-electron chi connectivity index (χ2n) is 4.96. The first kappa shape index (κ1) is 16.6. The van der Waals surface area contributed by atoms with Crippen LogP contribution in [0.3, 0.4) is 0 Å². The van der Waals surface area contributed by atoms with Gasteiger partial charge in [0.05, 0.1) is 5.56 Å². The van der Waals surface area contributed by atoms with Gasteiger partial charge in [0, 0.05) is 33.8 Å². The van der Waals surface area contributed by atoms with Crippen molar-refractivity contribution < 1.29 is 24.6 Å². The number of aliphatic hydroxyl groups is 1. The fourth-order valence-electron chi connectivity index (χ4n) is 1.95. The van der Waals surface area contributed by atoms with Gasteiger partial charge in [0.15, 0.2) is 0 Å². The molecule has 1 aromatic rings. The summed E-state index contributed by atoms with van der Waals surface area (Å²) in [6, 6.07) is 5.40. The number of amides is 2. The Morgan fingerprint density at radius 3 is 1.76 bits per heavy atom. The van der Waals surface area contributed by atoms with Gasteiger partial charge in [-0.15, -0.1) is 0 Å². The Hall–Kier alpha value is -2.41. The van der Waals surface area contributed by atoms with Crippen LogP contribution in [-0.2, 0) is 15.2 Å². The fraction of sp³-hybridized carbons (Fsp3) is 0.357. The number of aromatic carboxylic acids is 1. The molecule has 1 rings (SSSR count). The standard InChI is InChI=1S/C14H18N2O5/c1-15(2)12(19)14(21,13(20)16(3)4)10-8-6-5-7-9(10)11(17)18/h5-8,21H,1-4H3,(H,17,18). The maximum atomic E-state index is 12.3. The predicted octanol–water partition coefficient (Wildman–Crippen LogP) is -0.251. The summed E-state index contributed by atoms with van der Waals surface area (Å²) in [5.41, 5.74) is -3.14. The Balaban J connectivity index is 3.64. The first-order valence-corrected chi connectivity index (χ1v) is 6.12. The SMILES string of the molecule is CN(C)C(=O)C(O)(C(=O)N(C)C)c1ccccc1C(=O)O. The Bertz CT molecular complexity index is 560. The van der Waals surface area contributed by atoms with Crippen LogP contribution in [0.1, 0.15) is 15.9 Å². The second kappa shape index (κ2) is 5.92. The van der Waals surface area contributed by atoms with E-state index in [0.717, 1.165) is 9.80 Å². The van der Waals surface area contributed by atoms with E-state index in [4.69, 9.17) is 0 Å². The highest BCUT2D eigenvalue weighted by Crippen LogP contribution is 2.28. The summed E-state index contributed by atoms with van der Waals surface area (Å²) in [5, 5.41) is 20.0. The van der Waals surface area contributed by atoms with Crippen LogP contribution < -0.4 is 0 Å². The van der Waals surface area contributed by atoms with Crippen molar-refractivity contribution >= 4 is 17.8 Å². The summed E-state index contributed by atoms with van der Waals surface area (Å²) in [6.07, 6.45) is 0. The minimum absolute atomic E-state index is 0.255. The number of carbonyl (C=O) groups is 3. The lowest BCUT2D eigenvalue weighted by atomic mass is 9.87. The van der Waals surface area contributed by atoms with Gasteiger partial charge < -0.3 is 20.0 Å². The van der Waals surface area contributed by atoms with Crippen LogP contribution in [0.15, 0.2) is 24.3 Å². The Labute approximate surface area is 122 Å². The van der Waals surface area contributed by atoms with Gasteiger partial charge >= 0.3 is 5.97 Å². The summed E-state index contributed by atoms with van der Waals surface area (Å²) in [6.45, 7) is 0. The topological polar surface area (TPSA) is 98.2 Å². The number of hydrogen-bond acceptors (Lipinski definition) is 4. The second-order valence-corrected chi connectivity index (χ2v) is 4.96. The fourth-order valence-corrected chi connectivity index (χ4v) is 1.95. The van der Waals surface area contributed by atoms with Crippen LogP contribution in [0.25, 0.3) is 0 Å². The Kier molecular flexibility index (Phi) is 4.69. The van der Waals surface area contributed by atoms with Gasteiger partial charge in [0.25, 0.3) is 11.8 Å². The maximum Gasteiger partial charge on any atom is 0.336 e. The largest absolute Gasteiger partial charge is 0.478 e. The van der Waals surface area contributed by atoms with Crippen LogP contribution >= 0.6 is 0 Å². The minimum Gasteiger partial charge on any atom is -0.478 e. The Morgan fingerprint density at radius 1 is 0.952 bits per heavy atom. The van der Waals surface area contributed by atoms with E-state index < -0.39 is 23.4 Å². The maximum absolute atomic E-state index is 12.3. The van der Waals surface area contributed by atoms with Crippen molar-refractivity contribution in [1.29, 1.82) is 0 Å². The molecule has 2 amide bonds. The van der Waals surface area contributed by atoms with Crippen LogP contribution in [0, 0.1) is 0 Å². The van der Waals surface area contributed by atoms with Crippen molar-refractivity contribution in [3.05, 3.63) is 35.4 Å². The van der Waals surface area contributed by atoms with Gasteiger partial charge in [-0.1, -0.05) is 18.2 Å².